The van der Waals surface area contributed by atoms with Gasteiger partial charge >= 0.3 is 0 Å². The molecule has 122 valence electrons. The van der Waals surface area contributed by atoms with Crippen molar-refractivity contribution in [2.45, 2.75) is 31.6 Å². The average Bonchev–Trinajstić information content (AvgIpc) is 2.49. The molecule has 7 heteroatoms. The molecule has 0 saturated carbocycles. The Kier molecular flexibility index (Phi) is 4.70. The summed E-state index contributed by atoms with van der Waals surface area (Å²) in [4.78, 5) is 10.4. The summed E-state index contributed by atoms with van der Waals surface area (Å²) in [7, 11) is -3.73. The number of hydrogen-bond donors (Lipinski definition) is 1. The normalized spacial score (nSPS) is 11.5. The number of hydrogen-bond acceptors (Lipinski definition) is 4. The second-order valence-corrected chi connectivity index (χ2v) is 7.27. The van der Waals surface area contributed by atoms with Crippen LogP contribution in [0, 0.1) is 17.0 Å². The molecule has 0 aliphatic rings. The molecular weight excluding hydrogens is 316 g/mol. The largest absolute Gasteiger partial charge is 0.279 e. The number of benzene rings is 2. The third kappa shape index (κ3) is 3.87. The van der Waals surface area contributed by atoms with Crippen LogP contribution >= 0.6 is 0 Å². The Balaban J connectivity index is 2.29. The summed E-state index contributed by atoms with van der Waals surface area (Å²) in [6, 6.07) is 10.7. The average molecular weight is 334 g/mol. The van der Waals surface area contributed by atoms with Gasteiger partial charge in [0.05, 0.1) is 15.5 Å². The SMILES string of the molecule is Cc1cc([N+](=O)[O-])ccc1NS(=O)(=O)c1ccc(C(C)C)cc1. The maximum atomic E-state index is 12.4. The highest BCUT2D eigenvalue weighted by Crippen LogP contribution is 2.24. The van der Waals surface area contributed by atoms with Crippen LogP contribution in [0.25, 0.3) is 0 Å². The molecule has 0 amide bonds. The topological polar surface area (TPSA) is 89.3 Å². The van der Waals surface area contributed by atoms with Gasteiger partial charge in [-0.1, -0.05) is 26.0 Å². The zero-order valence-corrected chi connectivity index (χ0v) is 13.9. The van der Waals surface area contributed by atoms with Gasteiger partial charge in [-0.25, -0.2) is 8.42 Å². The Labute approximate surface area is 135 Å². The predicted octanol–water partition coefficient (Wildman–Crippen LogP) is 3.83. The van der Waals surface area contributed by atoms with Crippen LogP contribution in [0.15, 0.2) is 47.4 Å². The molecule has 0 saturated heterocycles. The minimum Gasteiger partial charge on any atom is -0.279 e. The molecule has 0 unspecified atom stereocenters. The Morgan fingerprint density at radius 3 is 2.17 bits per heavy atom. The third-order valence-electron chi connectivity index (χ3n) is 3.52. The van der Waals surface area contributed by atoms with Crippen molar-refractivity contribution in [3.8, 4) is 0 Å². The summed E-state index contributed by atoms with van der Waals surface area (Å²) < 4.78 is 27.3. The van der Waals surface area contributed by atoms with Crippen LogP contribution in [0.4, 0.5) is 11.4 Å². The summed E-state index contributed by atoms with van der Waals surface area (Å²) in [5.41, 5.74) is 1.78. The van der Waals surface area contributed by atoms with Crippen LogP contribution in [0.5, 0.6) is 0 Å². The van der Waals surface area contributed by atoms with Crippen LogP contribution in [-0.2, 0) is 10.0 Å². The lowest BCUT2D eigenvalue weighted by Crippen LogP contribution is -2.14. The molecule has 0 aromatic heterocycles. The zero-order chi connectivity index (χ0) is 17.2. The predicted molar refractivity (Wildman–Crippen MR) is 89.2 cm³/mol. The zero-order valence-electron chi connectivity index (χ0n) is 13.1. The van der Waals surface area contributed by atoms with Gasteiger partial charge < -0.3 is 0 Å². The molecule has 0 aliphatic heterocycles. The molecule has 0 heterocycles. The Morgan fingerprint density at radius 1 is 1.09 bits per heavy atom. The summed E-state index contributed by atoms with van der Waals surface area (Å²) >= 11 is 0. The van der Waals surface area contributed by atoms with Crippen LogP contribution in [0.2, 0.25) is 0 Å². The van der Waals surface area contributed by atoms with Crippen LogP contribution < -0.4 is 4.72 Å². The second kappa shape index (κ2) is 6.37. The van der Waals surface area contributed by atoms with E-state index < -0.39 is 14.9 Å². The minimum atomic E-state index is -3.73. The molecule has 0 bridgehead atoms. The molecular formula is C16H18N2O4S. The maximum Gasteiger partial charge on any atom is 0.269 e. The summed E-state index contributed by atoms with van der Waals surface area (Å²) in [6.07, 6.45) is 0. The van der Waals surface area contributed by atoms with E-state index in [1.807, 2.05) is 13.8 Å². The molecule has 0 fully saturated rings. The highest BCUT2D eigenvalue weighted by Gasteiger charge is 2.17. The van der Waals surface area contributed by atoms with Crippen molar-refractivity contribution < 1.29 is 13.3 Å². The van der Waals surface area contributed by atoms with Gasteiger partial charge in [0.2, 0.25) is 0 Å². The van der Waals surface area contributed by atoms with E-state index in [-0.39, 0.29) is 10.6 Å². The number of nitro benzene ring substituents is 1. The van der Waals surface area contributed by atoms with Crippen molar-refractivity contribution in [2.75, 3.05) is 4.72 Å². The van der Waals surface area contributed by atoms with Crippen molar-refractivity contribution in [3.05, 3.63) is 63.7 Å². The summed E-state index contributed by atoms with van der Waals surface area (Å²) in [5.74, 6) is 0.316. The molecule has 2 aromatic rings. The molecule has 1 N–H and O–H groups in total. The fraction of sp³-hybridized carbons (Fsp3) is 0.250. The maximum absolute atomic E-state index is 12.4. The molecule has 0 radical (unpaired) electrons. The molecule has 0 atom stereocenters. The number of nitrogens with zero attached hydrogens (tertiary/aromatic N) is 1. The highest BCUT2D eigenvalue weighted by molar-refractivity contribution is 7.92. The Bertz CT molecular complexity index is 828. The number of non-ortho nitro benzene ring substituents is 1. The van der Waals surface area contributed by atoms with Crippen LogP contribution in [0.1, 0.15) is 30.9 Å². The lowest BCUT2D eigenvalue weighted by atomic mass is 10.0. The van der Waals surface area contributed by atoms with Crippen molar-refractivity contribution >= 4 is 21.4 Å². The van der Waals surface area contributed by atoms with Crippen LogP contribution in [-0.4, -0.2) is 13.3 Å². The smallest absolute Gasteiger partial charge is 0.269 e. The van der Waals surface area contributed by atoms with Gasteiger partial charge in [-0.2, -0.15) is 0 Å². The molecule has 23 heavy (non-hydrogen) atoms. The first-order chi connectivity index (χ1) is 10.7. The first-order valence-corrected chi connectivity index (χ1v) is 8.57. The number of nitro groups is 1. The third-order valence-corrected chi connectivity index (χ3v) is 4.90. The van der Waals surface area contributed by atoms with E-state index in [9.17, 15) is 18.5 Å². The van der Waals surface area contributed by atoms with Gasteiger partial charge in [-0.05, 0) is 42.2 Å². The monoisotopic (exact) mass is 334 g/mol. The first kappa shape index (κ1) is 17.0. The van der Waals surface area contributed by atoms with E-state index in [0.717, 1.165) is 5.56 Å². The fourth-order valence-corrected chi connectivity index (χ4v) is 3.24. The first-order valence-electron chi connectivity index (χ1n) is 7.08. The van der Waals surface area contributed by atoms with Crippen molar-refractivity contribution in [2.24, 2.45) is 0 Å². The van der Waals surface area contributed by atoms with Gasteiger partial charge in [0.1, 0.15) is 0 Å². The summed E-state index contributed by atoms with van der Waals surface area (Å²) in [5, 5.41) is 10.7. The number of anilines is 1. The Morgan fingerprint density at radius 2 is 1.70 bits per heavy atom. The van der Waals surface area contributed by atoms with E-state index in [1.165, 1.54) is 18.2 Å². The van der Waals surface area contributed by atoms with Crippen molar-refractivity contribution in [1.29, 1.82) is 0 Å². The van der Waals surface area contributed by atoms with E-state index in [1.54, 1.807) is 31.2 Å². The molecule has 2 aromatic carbocycles. The second-order valence-electron chi connectivity index (χ2n) is 5.59. The van der Waals surface area contributed by atoms with Gasteiger partial charge in [-0.3, -0.25) is 14.8 Å². The van der Waals surface area contributed by atoms with Gasteiger partial charge in [-0.15, -0.1) is 0 Å². The highest BCUT2D eigenvalue weighted by atomic mass is 32.2. The number of sulfonamides is 1. The summed E-state index contributed by atoms with van der Waals surface area (Å²) in [6.45, 7) is 5.68. The molecule has 0 spiro atoms. The van der Waals surface area contributed by atoms with E-state index in [2.05, 4.69) is 4.72 Å². The number of rotatable bonds is 5. The van der Waals surface area contributed by atoms with E-state index in [4.69, 9.17) is 0 Å². The lowest BCUT2D eigenvalue weighted by Gasteiger charge is -2.11. The van der Waals surface area contributed by atoms with Crippen molar-refractivity contribution in [3.63, 3.8) is 0 Å². The quantitative estimate of drug-likeness (QED) is 0.665. The molecule has 2 rings (SSSR count). The minimum absolute atomic E-state index is 0.0771. The van der Waals surface area contributed by atoms with Gasteiger partial charge in [0, 0.05) is 12.1 Å². The molecule has 6 nitrogen and oxygen atoms in total. The van der Waals surface area contributed by atoms with Crippen LogP contribution in [0.3, 0.4) is 0 Å². The van der Waals surface area contributed by atoms with E-state index >= 15 is 0 Å². The standard InChI is InChI=1S/C16H18N2O4S/c1-11(2)13-4-7-15(8-5-13)23(21,22)17-16-9-6-14(18(19)20)10-12(16)3/h4-11,17H,1-3H3. The van der Waals surface area contributed by atoms with Gasteiger partial charge in [0.15, 0.2) is 0 Å². The molecule has 0 aliphatic carbocycles. The van der Waals surface area contributed by atoms with E-state index in [0.29, 0.717) is 17.2 Å². The van der Waals surface area contributed by atoms with Crippen molar-refractivity contribution in [1.82, 2.24) is 0 Å². The Hall–Kier alpha value is -2.41. The number of aryl methyl sites for hydroxylation is 1. The fourth-order valence-electron chi connectivity index (χ4n) is 2.11. The van der Waals surface area contributed by atoms with Gasteiger partial charge in [0.25, 0.3) is 15.7 Å². The number of nitrogens with one attached hydrogen (secondary N) is 1. The lowest BCUT2D eigenvalue weighted by molar-refractivity contribution is -0.384.